The number of anilines is 1. The van der Waals surface area contributed by atoms with E-state index in [4.69, 9.17) is 9.47 Å². The highest BCUT2D eigenvalue weighted by Crippen LogP contribution is 2.33. The zero-order valence-electron chi connectivity index (χ0n) is 13.4. The Hall–Kier alpha value is -2.83. The second-order valence-corrected chi connectivity index (χ2v) is 4.88. The van der Waals surface area contributed by atoms with Gasteiger partial charge in [0.2, 0.25) is 0 Å². The van der Waals surface area contributed by atoms with Crippen LogP contribution >= 0.6 is 0 Å². The molecule has 0 unspecified atom stereocenters. The molecule has 1 N–H and O–H groups in total. The van der Waals surface area contributed by atoms with Gasteiger partial charge in [0.15, 0.2) is 11.5 Å². The first-order valence-corrected chi connectivity index (χ1v) is 7.03. The first-order chi connectivity index (χ1) is 11.4. The van der Waals surface area contributed by atoms with Crippen molar-refractivity contribution in [2.24, 2.45) is 0 Å². The number of nitrogens with one attached hydrogen (secondary N) is 1. The molecule has 0 heterocycles. The lowest BCUT2D eigenvalue weighted by Gasteiger charge is -2.14. The number of benzene rings is 2. The largest absolute Gasteiger partial charge is 0.493 e. The Balaban J connectivity index is 2.17. The van der Waals surface area contributed by atoms with Crippen LogP contribution in [0.15, 0.2) is 36.4 Å². The van der Waals surface area contributed by atoms with Crippen molar-refractivity contribution in [1.82, 2.24) is 0 Å². The summed E-state index contributed by atoms with van der Waals surface area (Å²) in [4.78, 5) is 12.3. The number of ether oxygens (including phenoxy) is 3. The van der Waals surface area contributed by atoms with E-state index in [0.29, 0.717) is 22.7 Å². The van der Waals surface area contributed by atoms with Crippen LogP contribution in [0.5, 0.6) is 17.2 Å². The summed E-state index contributed by atoms with van der Waals surface area (Å²) in [5.74, 6) is 0.651. The molecule has 0 aromatic heterocycles. The molecule has 0 aliphatic carbocycles. The highest BCUT2D eigenvalue weighted by atomic mass is 19.3. The van der Waals surface area contributed by atoms with Gasteiger partial charge in [0.05, 0.1) is 14.2 Å². The lowest BCUT2D eigenvalue weighted by Crippen LogP contribution is -2.13. The smallest absolute Gasteiger partial charge is 0.387 e. The lowest BCUT2D eigenvalue weighted by atomic mass is 10.1. The number of rotatable bonds is 6. The van der Waals surface area contributed by atoms with Gasteiger partial charge in [-0.3, -0.25) is 4.79 Å². The molecule has 2 aromatic carbocycles. The zero-order chi connectivity index (χ0) is 17.7. The van der Waals surface area contributed by atoms with Crippen LogP contribution in [0.3, 0.4) is 0 Å². The first-order valence-electron chi connectivity index (χ1n) is 7.03. The van der Waals surface area contributed by atoms with E-state index in [-0.39, 0.29) is 11.7 Å². The van der Waals surface area contributed by atoms with Gasteiger partial charge >= 0.3 is 6.61 Å². The molecular formula is C17H17F2NO4. The normalized spacial score (nSPS) is 10.4. The van der Waals surface area contributed by atoms with E-state index in [1.54, 1.807) is 12.1 Å². The average molecular weight is 337 g/mol. The summed E-state index contributed by atoms with van der Waals surface area (Å²) in [5.41, 5.74) is 1.66. The molecule has 128 valence electrons. The van der Waals surface area contributed by atoms with E-state index in [0.717, 1.165) is 5.56 Å². The number of methoxy groups -OCH3 is 2. The fourth-order valence-electron chi connectivity index (χ4n) is 2.10. The number of carbonyl (C=O) groups excluding carboxylic acids is 1. The van der Waals surface area contributed by atoms with Gasteiger partial charge in [-0.1, -0.05) is 0 Å². The van der Waals surface area contributed by atoms with Gasteiger partial charge in [0, 0.05) is 17.3 Å². The summed E-state index contributed by atoms with van der Waals surface area (Å²) in [6, 6.07) is 8.83. The van der Waals surface area contributed by atoms with Crippen LogP contribution in [0.4, 0.5) is 14.5 Å². The van der Waals surface area contributed by atoms with Gasteiger partial charge in [-0.25, -0.2) is 0 Å². The van der Waals surface area contributed by atoms with Gasteiger partial charge < -0.3 is 19.5 Å². The summed E-state index contributed by atoms with van der Waals surface area (Å²) < 4.78 is 38.9. The predicted molar refractivity (Wildman–Crippen MR) is 85.3 cm³/mol. The summed E-state index contributed by atoms with van der Waals surface area (Å²) in [6.07, 6.45) is 0. The molecule has 0 saturated carbocycles. The molecule has 0 bridgehead atoms. The van der Waals surface area contributed by atoms with Gasteiger partial charge in [0.1, 0.15) is 5.75 Å². The first kappa shape index (κ1) is 17.5. The van der Waals surface area contributed by atoms with E-state index in [1.807, 2.05) is 6.92 Å². The number of aryl methyl sites for hydroxylation is 1. The van der Waals surface area contributed by atoms with Crippen LogP contribution in [0, 0.1) is 6.92 Å². The maximum Gasteiger partial charge on any atom is 0.387 e. The number of hydrogen-bond donors (Lipinski definition) is 1. The molecule has 1 amide bonds. The van der Waals surface area contributed by atoms with Crippen molar-refractivity contribution < 1.29 is 27.8 Å². The molecule has 0 fully saturated rings. The molecule has 0 radical (unpaired) electrons. The van der Waals surface area contributed by atoms with Crippen molar-refractivity contribution in [2.45, 2.75) is 13.5 Å². The van der Waals surface area contributed by atoms with Gasteiger partial charge in [-0.15, -0.1) is 0 Å². The quantitative estimate of drug-likeness (QED) is 0.869. The Morgan fingerprint density at radius 2 is 1.62 bits per heavy atom. The minimum Gasteiger partial charge on any atom is -0.493 e. The Morgan fingerprint density at radius 3 is 2.17 bits per heavy atom. The fourth-order valence-corrected chi connectivity index (χ4v) is 2.10. The molecule has 2 rings (SSSR count). The van der Waals surface area contributed by atoms with Crippen molar-refractivity contribution in [3.8, 4) is 17.2 Å². The van der Waals surface area contributed by atoms with Crippen LogP contribution in [0.2, 0.25) is 0 Å². The Kier molecular flexibility index (Phi) is 5.57. The van der Waals surface area contributed by atoms with Crippen LogP contribution in [-0.4, -0.2) is 26.7 Å². The second-order valence-electron chi connectivity index (χ2n) is 4.88. The Bertz CT molecular complexity index is 717. The molecule has 2 aromatic rings. The maximum absolute atomic E-state index is 12.3. The highest BCUT2D eigenvalue weighted by Gasteiger charge is 2.13. The van der Waals surface area contributed by atoms with E-state index in [2.05, 4.69) is 10.1 Å². The monoisotopic (exact) mass is 337 g/mol. The SMILES string of the molecule is COc1cc(C)c(NC(=O)c2ccc(OC(F)F)cc2)cc1OC. The molecule has 0 spiro atoms. The van der Waals surface area contributed by atoms with Crippen molar-refractivity contribution in [3.63, 3.8) is 0 Å². The predicted octanol–water partition coefficient (Wildman–Crippen LogP) is 3.87. The lowest BCUT2D eigenvalue weighted by molar-refractivity contribution is -0.0498. The Morgan fingerprint density at radius 1 is 1.04 bits per heavy atom. The van der Waals surface area contributed by atoms with Gasteiger partial charge in [-0.05, 0) is 42.8 Å². The number of carbonyl (C=O) groups is 1. The third-order valence-corrected chi connectivity index (χ3v) is 3.32. The zero-order valence-corrected chi connectivity index (χ0v) is 13.4. The minimum absolute atomic E-state index is 0.0103. The summed E-state index contributed by atoms with van der Waals surface area (Å²) in [7, 11) is 3.03. The van der Waals surface area contributed by atoms with E-state index >= 15 is 0 Å². The van der Waals surface area contributed by atoms with Gasteiger partial charge in [0.25, 0.3) is 5.91 Å². The molecular weight excluding hydrogens is 320 g/mol. The fraction of sp³-hybridized carbons (Fsp3) is 0.235. The molecule has 24 heavy (non-hydrogen) atoms. The minimum atomic E-state index is -2.90. The molecule has 5 nitrogen and oxygen atoms in total. The van der Waals surface area contributed by atoms with E-state index < -0.39 is 6.61 Å². The molecule has 0 aliphatic heterocycles. The number of halogens is 2. The molecule has 0 saturated heterocycles. The highest BCUT2D eigenvalue weighted by molar-refractivity contribution is 6.04. The van der Waals surface area contributed by atoms with Crippen molar-refractivity contribution in [2.75, 3.05) is 19.5 Å². The van der Waals surface area contributed by atoms with E-state index in [1.165, 1.54) is 38.5 Å². The van der Waals surface area contributed by atoms with Crippen LogP contribution in [0.25, 0.3) is 0 Å². The van der Waals surface area contributed by atoms with Crippen molar-refractivity contribution in [1.29, 1.82) is 0 Å². The topological polar surface area (TPSA) is 56.8 Å². The standard InChI is InChI=1S/C17H17F2NO4/c1-10-8-14(22-2)15(23-3)9-13(10)20-16(21)11-4-6-12(7-5-11)24-17(18)19/h4-9,17H,1-3H3,(H,20,21). The maximum atomic E-state index is 12.3. The molecule has 0 atom stereocenters. The second kappa shape index (κ2) is 7.63. The van der Waals surface area contributed by atoms with Crippen molar-refractivity contribution in [3.05, 3.63) is 47.5 Å². The van der Waals surface area contributed by atoms with Crippen molar-refractivity contribution >= 4 is 11.6 Å². The van der Waals surface area contributed by atoms with Crippen LogP contribution < -0.4 is 19.5 Å². The molecule has 7 heteroatoms. The Labute approximate surface area is 138 Å². The third-order valence-electron chi connectivity index (χ3n) is 3.32. The average Bonchev–Trinajstić information content (AvgIpc) is 2.56. The summed E-state index contributed by atoms with van der Waals surface area (Å²) in [6.45, 7) is -1.09. The van der Waals surface area contributed by atoms with Crippen LogP contribution in [-0.2, 0) is 0 Å². The van der Waals surface area contributed by atoms with E-state index in [9.17, 15) is 13.6 Å². The third kappa shape index (κ3) is 4.13. The summed E-state index contributed by atoms with van der Waals surface area (Å²) >= 11 is 0. The molecule has 0 aliphatic rings. The number of amides is 1. The number of hydrogen-bond acceptors (Lipinski definition) is 4. The van der Waals surface area contributed by atoms with Gasteiger partial charge in [-0.2, -0.15) is 8.78 Å². The number of alkyl halides is 2. The van der Waals surface area contributed by atoms with Crippen LogP contribution in [0.1, 0.15) is 15.9 Å². The summed E-state index contributed by atoms with van der Waals surface area (Å²) in [5, 5.41) is 2.75.